The molecule has 0 saturated carbocycles. The summed E-state index contributed by atoms with van der Waals surface area (Å²) >= 11 is 0. The molecule has 1 aromatic carbocycles. The van der Waals surface area contributed by atoms with Gasteiger partial charge in [0.25, 0.3) is 0 Å². The minimum absolute atomic E-state index is 0.0321. The maximum atomic E-state index is 11.9. The Morgan fingerprint density at radius 2 is 1.72 bits per heavy atom. The highest BCUT2D eigenvalue weighted by Crippen LogP contribution is 2.05. The van der Waals surface area contributed by atoms with Gasteiger partial charge in [-0.1, -0.05) is 42.0 Å². The van der Waals surface area contributed by atoms with E-state index in [1.54, 1.807) is 23.1 Å². The predicted molar refractivity (Wildman–Crippen MR) is 77.2 cm³/mol. The van der Waals surface area contributed by atoms with Gasteiger partial charge in [-0.25, -0.2) is 0 Å². The SMILES string of the molecule is C=CCN(CC=C)C(=O)/C=C/c1ccc(C)cc1. The molecule has 0 spiro atoms. The lowest BCUT2D eigenvalue weighted by molar-refractivity contribution is -0.124. The molecule has 0 aliphatic rings. The fourth-order valence-electron chi connectivity index (χ4n) is 1.52. The van der Waals surface area contributed by atoms with Gasteiger partial charge in [0.2, 0.25) is 5.91 Å². The van der Waals surface area contributed by atoms with Gasteiger partial charge < -0.3 is 4.90 Å². The third-order valence-electron chi connectivity index (χ3n) is 2.51. The molecular formula is C16H19NO. The molecule has 0 aromatic heterocycles. The van der Waals surface area contributed by atoms with Crippen LogP contribution in [0, 0.1) is 6.92 Å². The van der Waals surface area contributed by atoms with Crippen LogP contribution in [-0.2, 0) is 4.79 Å². The van der Waals surface area contributed by atoms with E-state index in [0.717, 1.165) is 5.56 Å². The minimum Gasteiger partial charge on any atom is -0.332 e. The molecule has 2 heteroatoms. The van der Waals surface area contributed by atoms with E-state index < -0.39 is 0 Å². The Morgan fingerprint density at radius 1 is 1.17 bits per heavy atom. The number of carbonyl (C=O) groups excluding carboxylic acids is 1. The molecule has 0 heterocycles. The van der Waals surface area contributed by atoms with Gasteiger partial charge in [0.15, 0.2) is 0 Å². The minimum atomic E-state index is -0.0321. The summed E-state index contributed by atoms with van der Waals surface area (Å²) in [6, 6.07) is 8.03. The van der Waals surface area contributed by atoms with E-state index in [-0.39, 0.29) is 5.91 Å². The standard InChI is InChI=1S/C16H19NO/c1-4-12-17(13-5-2)16(18)11-10-15-8-6-14(3)7-9-15/h4-11H,1-2,12-13H2,3H3/b11-10+. The van der Waals surface area contributed by atoms with Crippen molar-refractivity contribution in [3.05, 3.63) is 66.8 Å². The predicted octanol–water partition coefficient (Wildman–Crippen LogP) is 3.21. The van der Waals surface area contributed by atoms with Gasteiger partial charge in [-0.2, -0.15) is 0 Å². The maximum Gasteiger partial charge on any atom is 0.247 e. The van der Waals surface area contributed by atoms with Crippen molar-refractivity contribution < 1.29 is 4.79 Å². The number of hydrogen-bond donors (Lipinski definition) is 0. The third-order valence-corrected chi connectivity index (χ3v) is 2.51. The molecule has 94 valence electrons. The van der Waals surface area contributed by atoms with E-state index in [1.165, 1.54) is 5.56 Å². The summed E-state index contributed by atoms with van der Waals surface area (Å²) in [5.41, 5.74) is 2.23. The highest BCUT2D eigenvalue weighted by atomic mass is 16.2. The molecule has 0 aliphatic carbocycles. The fourth-order valence-corrected chi connectivity index (χ4v) is 1.52. The van der Waals surface area contributed by atoms with Crippen LogP contribution in [0.1, 0.15) is 11.1 Å². The van der Waals surface area contributed by atoms with Crippen molar-refractivity contribution in [2.45, 2.75) is 6.92 Å². The number of rotatable bonds is 6. The molecule has 1 aromatic rings. The lowest BCUT2D eigenvalue weighted by Gasteiger charge is -2.16. The van der Waals surface area contributed by atoms with E-state index in [4.69, 9.17) is 0 Å². The molecule has 2 nitrogen and oxygen atoms in total. The van der Waals surface area contributed by atoms with Crippen molar-refractivity contribution in [1.82, 2.24) is 4.90 Å². The van der Waals surface area contributed by atoms with Crippen LogP contribution in [0.2, 0.25) is 0 Å². The number of carbonyl (C=O) groups is 1. The number of benzene rings is 1. The average molecular weight is 241 g/mol. The van der Waals surface area contributed by atoms with Crippen LogP contribution in [0.5, 0.6) is 0 Å². The van der Waals surface area contributed by atoms with Crippen LogP contribution in [-0.4, -0.2) is 23.9 Å². The van der Waals surface area contributed by atoms with E-state index in [1.807, 2.05) is 37.3 Å². The van der Waals surface area contributed by atoms with Gasteiger partial charge >= 0.3 is 0 Å². The number of amides is 1. The first-order chi connectivity index (χ1) is 8.67. The molecule has 0 saturated heterocycles. The number of aryl methyl sites for hydroxylation is 1. The molecule has 0 fully saturated rings. The molecule has 0 radical (unpaired) electrons. The van der Waals surface area contributed by atoms with Gasteiger partial charge in [0, 0.05) is 19.2 Å². The number of nitrogens with zero attached hydrogens (tertiary/aromatic N) is 1. The van der Waals surface area contributed by atoms with Gasteiger partial charge in [0.05, 0.1) is 0 Å². The largest absolute Gasteiger partial charge is 0.332 e. The zero-order valence-electron chi connectivity index (χ0n) is 10.8. The van der Waals surface area contributed by atoms with Crippen LogP contribution in [0.25, 0.3) is 6.08 Å². The Bertz CT molecular complexity index is 433. The highest BCUT2D eigenvalue weighted by Gasteiger charge is 2.05. The topological polar surface area (TPSA) is 20.3 Å². The first kappa shape index (κ1) is 14.0. The molecule has 1 rings (SSSR count). The van der Waals surface area contributed by atoms with E-state index in [9.17, 15) is 4.79 Å². The normalized spacial score (nSPS) is 10.3. The van der Waals surface area contributed by atoms with Gasteiger partial charge in [0.1, 0.15) is 0 Å². The van der Waals surface area contributed by atoms with Crippen molar-refractivity contribution >= 4 is 12.0 Å². The van der Waals surface area contributed by atoms with Crippen LogP contribution < -0.4 is 0 Å². The molecule has 0 unspecified atom stereocenters. The lowest BCUT2D eigenvalue weighted by atomic mass is 10.1. The van der Waals surface area contributed by atoms with Crippen LogP contribution in [0.4, 0.5) is 0 Å². The average Bonchev–Trinajstić information content (AvgIpc) is 2.37. The quantitative estimate of drug-likeness (QED) is 0.553. The molecular weight excluding hydrogens is 222 g/mol. The molecule has 0 N–H and O–H groups in total. The van der Waals surface area contributed by atoms with E-state index >= 15 is 0 Å². The summed E-state index contributed by atoms with van der Waals surface area (Å²) < 4.78 is 0. The maximum absolute atomic E-state index is 11.9. The second-order valence-electron chi connectivity index (χ2n) is 4.06. The third kappa shape index (κ3) is 4.42. The molecule has 0 bridgehead atoms. The molecule has 18 heavy (non-hydrogen) atoms. The molecule has 1 amide bonds. The van der Waals surface area contributed by atoms with Crippen molar-refractivity contribution in [3.63, 3.8) is 0 Å². The summed E-state index contributed by atoms with van der Waals surface area (Å²) in [6.07, 6.45) is 6.82. The van der Waals surface area contributed by atoms with Crippen molar-refractivity contribution in [2.75, 3.05) is 13.1 Å². The first-order valence-electron chi connectivity index (χ1n) is 5.93. The Kier molecular flexibility index (Phi) is 5.65. The summed E-state index contributed by atoms with van der Waals surface area (Å²) in [6.45, 7) is 10.4. The monoisotopic (exact) mass is 241 g/mol. The van der Waals surface area contributed by atoms with Crippen molar-refractivity contribution in [2.24, 2.45) is 0 Å². The molecule has 0 atom stereocenters. The smallest absolute Gasteiger partial charge is 0.247 e. The highest BCUT2D eigenvalue weighted by molar-refractivity contribution is 5.92. The van der Waals surface area contributed by atoms with E-state index in [2.05, 4.69) is 13.2 Å². The second-order valence-corrected chi connectivity index (χ2v) is 4.06. The lowest BCUT2D eigenvalue weighted by Crippen LogP contribution is -2.29. The Hall–Kier alpha value is -2.09. The second kappa shape index (κ2) is 7.28. The number of hydrogen-bond acceptors (Lipinski definition) is 1. The summed E-state index contributed by atoms with van der Waals surface area (Å²) in [5, 5.41) is 0. The Labute approximate surface area is 109 Å². The van der Waals surface area contributed by atoms with Gasteiger partial charge in [-0.05, 0) is 18.6 Å². The van der Waals surface area contributed by atoms with Gasteiger partial charge in [-0.3, -0.25) is 4.79 Å². The fraction of sp³-hybridized carbons (Fsp3) is 0.188. The van der Waals surface area contributed by atoms with Crippen LogP contribution >= 0.6 is 0 Å². The summed E-state index contributed by atoms with van der Waals surface area (Å²) in [4.78, 5) is 13.6. The van der Waals surface area contributed by atoms with Crippen LogP contribution in [0.3, 0.4) is 0 Å². The summed E-state index contributed by atoms with van der Waals surface area (Å²) in [7, 11) is 0. The van der Waals surface area contributed by atoms with E-state index in [0.29, 0.717) is 13.1 Å². The zero-order chi connectivity index (χ0) is 13.4. The van der Waals surface area contributed by atoms with Crippen molar-refractivity contribution in [3.8, 4) is 0 Å². The van der Waals surface area contributed by atoms with Crippen LogP contribution in [0.15, 0.2) is 55.7 Å². The zero-order valence-corrected chi connectivity index (χ0v) is 10.8. The van der Waals surface area contributed by atoms with Crippen molar-refractivity contribution in [1.29, 1.82) is 0 Å². The summed E-state index contributed by atoms with van der Waals surface area (Å²) in [5.74, 6) is -0.0321. The van der Waals surface area contributed by atoms with Gasteiger partial charge in [-0.15, -0.1) is 13.2 Å². The first-order valence-corrected chi connectivity index (χ1v) is 5.93. The molecule has 0 aliphatic heterocycles. The Morgan fingerprint density at radius 3 is 2.22 bits per heavy atom. The Balaban J connectivity index is 2.69.